The van der Waals surface area contributed by atoms with E-state index in [2.05, 4.69) is 5.32 Å². The summed E-state index contributed by atoms with van der Waals surface area (Å²) in [7, 11) is 3.08. The third kappa shape index (κ3) is 2.72. The van der Waals surface area contributed by atoms with Gasteiger partial charge in [-0.05, 0) is 29.9 Å². The standard InChI is InChI=1S/C17H19NO3/c1-20-15-10-9-14(12-5-3-4-6-13(12)15)16(17(19)21-2)18-11-7-8-11/h3-6,9-11,16,18H,7-8H2,1-2H3. The van der Waals surface area contributed by atoms with Crippen LogP contribution in [0.3, 0.4) is 0 Å². The Morgan fingerprint density at radius 2 is 1.86 bits per heavy atom. The van der Waals surface area contributed by atoms with Crippen LogP contribution in [0.1, 0.15) is 24.4 Å². The molecule has 0 amide bonds. The second-order valence-corrected chi connectivity index (χ2v) is 5.30. The van der Waals surface area contributed by atoms with E-state index in [0.717, 1.165) is 34.9 Å². The van der Waals surface area contributed by atoms with Crippen molar-refractivity contribution < 1.29 is 14.3 Å². The number of hydrogen-bond acceptors (Lipinski definition) is 4. The van der Waals surface area contributed by atoms with Crippen molar-refractivity contribution in [2.75, 3.05) is 14.2 Å². The first-order valence-electron chi connectivity index (χ1n) is 7.14. The van der Waals surface area contributed by atoms with Crippen LogP contribution >= 0.6 is 0 Å². The van der Waals surface area contributed by atoms with E-state index in [0.29, 0.717) is 6.04 Å². The van der Waals surface area contributed by atoms with Crippen molar-refractivity contribution >= 4 is 16.7 Å². The zero-order valence-electron chi connectivity index (χ0n) is 12.3. The van der Waals surface area contributed by atoms with E-state index in [1.165, 1.54) is 7.11 Å². The molecule has 4 heteroatoms. The van der Waals surface area contributed by atoms with Crippen LogP contribution in [0.4, 0.5) is 0 Å². The second kappa shape index (κ2) is 5.74. The average molecular weight is 285 g/mol. The lowest BCUT2D eigenvalue weighted by molar-refractivity contribution is -0.143. The van der Waals surface area contributed by atoms with E-state index in [-0.39, 0.29) is 5.97 Å². The number of carbonyl (C=O) groups excluding carboxylic acids is 1. The molecule has 0 aliphatic heterocycles. The average Bonchev–Trinajstić information content (AvgIpc) is 3.35. The minimum absolute atomic E-state index is 0.253. The number of nitrogens with one attached hydrogen (secondary N) is 1. The van der Waals surface area contributed by atoms with Gasteiger partial charge in [0, 0.05) is 11.4 Å². The van der Waals surface area contributed by atoms with Crippen LogP contribution < -0.4 is 10.1 Å². The van der Waals surface area contributed by atoms with Gasteiger partial charge in [-0.1, -0.05) is 30.3 Å². The predicted molar refractivity (Wildman–Crippen MR) is 81.4 cm³/mol. The van der Waals surface area contributed by atoms with Crippen molar-refractivity contribution in [3.05, 3.63) is 42.0 Å². The van der Waals surface area contributed by atoms with Gasteiger partial charge in [-0.25, -0.2) is 4.79 Å². The number of esters is 1. The smallest absolute Gasteiger partial charge is 0.327 e. The van der Waals surface area contributed by atoms with E-state index in [1.807, 2.05) is 36.4 Å². The van der Waals surface area contributed by atoms with Gasteiger partial charge in [0.2, 0.25) is 0 Å². The first-order valence-corrected chi connectivity index (χ1v) is 7.14. The van der Waals surface area contributed by atoms with Crippen molar-refractivity contribution in [3.63, 3.8) is 0 Å². The van der Waals surface area contributed by atoms with Gasteiger partial charge in [0.25, 0.3) is 0 Å². The number of carbonyl (C=O) groups is 1. The normalized spacial score (nSPS) is 15.7. The van der Waals surface area contributed by atoms with Gasteiger partial charge in [0.15, 0.2) is 0 Å². The van der Waals surface area contributed by atoms with E-state index in [1.54, 1.807) is 7.11 Å². The molecule has 1 fully saturated rings. The molecule has 1 unspecified atom stereocenters. The van der Waals surface area contributed by atoms with Crippen LogP contribution in [0.5, 0.6) is 5.75 Å². The Bertz CT molecular complexity index is 664. The number of rotatable bonds is 5. The van der Waals surface area contributed by atoms with E-state index in [4.69, 9.17) is 9.47 Å². The van der Waals surface area contributed by atoms with Gasteiger partial charge in [0.1, 0.15) is 11.8 Å². The zero-order chi connectivity index (χ0) is 14.8. The first kappa shape index (κ1) is 13.9. The number of methoxy groups -OCH3 is 2. The summed E-state index contributed by atoms with van der Waals surface area (Å²) < 4.78 is 10.4. The highest BCUT2D eigenvalue weighted by Gasteiger charge is 2.31. The van der Waals surface area contributed by atoms with Crippen molar-refractivity contribution in [2.45, 2.75) is 24.9 Å². The SMILES string of the molecule is COC(=O)C(NC1CC1)c1ccc(OC)c2ccccc12. The Labute approximate surface area is 124 Å². The molecule has 110 valence electrons. The Morgan fingerprint density at radius 3 is 2.48 bits per heavy atom. The van der Waals surface area contributed by atoms with Crippen LogP contribution in [0.2, 0.25) is 0 Å². The summed E-state index contributed by atoms with van der Waals surface area (Å²) in [5, 5.41) is 5.39. The molecule has 0 radical (unpaired) electrons. The highest BCUT2D eigenvalue weighted by atomic mass is 16.5. The fourth-order valence-electron chi connectivity index (χ4n) is 2.61. The van der Waals surface area contributed by atoms with Gasteiger partial charge in [-0.2, -0.15) is 0 Å². The number of fused-ring (bicyclic) bond motifs is 1. The molecule has 0 saturated heterocycles. The molecule has 0 spiro atoms. The molecular formula is C17H19NO3. The van der Waals surface area contributed by atoms with Crippen LogP contribution in [0.15, 0.2) is 36.4 Å². The Balaban J connectivity index is 2.10. The zero-order valence-corrected chi connectivity index (χ0v) is 12.3. The third-order valence-electron chi connectivity index (χ3n) is 3.87. The second-order valence-electron chi connectivity index (χ2n) is 5.30. The summed E-state index contributed by atoms with van der Waals surface area (Å²) in [6, 6.07) is 11.8. The van der Waals surface area contributed by atoms with Gasteiger partial charge in [-0.3, -0.25) is 5.32 Å². The highest BCUT2D eigenvalue weighted by Crippen LogP contribution is 2.33. The monoisotopic (exact) mass is 285 g/mol. The Morgan fingerprint density at radius 1 is 1.14 bits per heavy atom. The lowest BCUT2D eigenvalue weighted by Crippen LogP contribution is -2.31. The van der Waals surface area contributed by atoms with E-state index < -0.39 is 6.04 Å². The molecular weight excluding hydrogens is 266 g/mol. The molecule has 0 heterocycles. The van der Waals surface area contributed by atoms with E-state index >= 15 is 0 Å². The Kier molecular flexibility index (Phi) is 3.80. The minimum Gasteiger partial charge on any atom is -0.496 e. The molecule has 0 aromatic heterocycles. The van der Waals surface area contributed by atoms with Crippen LogP contribution in [-0.4, -0.2) is 26.2 Å². The number of benzene rings is 2. The van der Waals surface area contributed by atoms with Crippen molar-refractivity contribution in [3.8, 4) is 5.75 Å². The first-order chi connectivity index (χ1) is 10.2. The summed E-state index contributed by atoms with van der Waals surface area (Å²) in [6.45, 7) is 0. The fourth-order valence-corrected chi connectivity index (χ4v) is 2.61. The minimum atomic E-state index is -0.432. The fraction of sp³-hybridized carbons (Fsp3) is 0.353. The van der Waals surface area contributed by atoms with E-state index in [9.17, 15) is 4.79 Å². The van der Waals surface area contributed by atoms with Crippen LogP contribution in [-0.2, 0) is 9.53 Å². The summed E-state index contributed by atoms with van der Waals surface area (Å²) >= 11 is 0. The topological polar surface area (TPSA) is 47.6 Å². The molecule has 21 heavy (non-hydrogen) atoms. The number of hydrogen-bond donors (Lipinski definition) is 1. The summed E-state index contributed by atoms with van der Waals surface area (Å²) in [5.74, 6) is 0.557. The van der Waals surface area contributed by atoms with Gasteiger partial charge >= 0.3 is 5.97 Å². The predicted octanol–water partition coefficient (Wildman–Crippen LogP) is 2.81. The van der Waals surface area contributed by atoms with Gasteiger partial charge < -0.3 is 9.47 Å². The molecule has 1 atom stereocenters. The largest absolute Gasteiger partial charge is 0.496 e. The highest BCUT2D eigenvalue weighted by molar-refractivity contribution is 5.94. The van der Waals surface area contributed by atoms with Crippen molar-refractivity contribution in [2.24, 2.45) is 0 Å². The lowest BCUT2D eigenvalue weighted by Gasteiger charge is -2.19. The quantitative estimate of drug-likeness (QED) is 0.858. The molecule has 3 rings (SSSR count). The lowest BCUT2D eigenvalue weighted by atomic mass is 9.98. The molecule has 2 aromatic rings. The maximum absolute atomic E-state index is 12.2. The molecule has 1 N–H and O–H groups in total. The molecule has 1 aliphatic carbocycles. The van der Waals surface area contributed by atoms with Crippen LogP contribution in [0.25, 0.3) is 10.8 Å². The molecule has 1 saturated carbocycles. The molecule has 1 aliphatic rings. The third-order valence-corrected chi connectivity index (χ3v) is 3.87. The Hall–Kier alpha value is -2.07. The number of ether oxygens (including phenoxy) is 2. The maximum Gasteiger partial charge on any atom is 0.327 e. The molecule has 4 nitrogen and oxygen atoms in total. The summed E-state index contributed by atoms with van der Waals surface area (Å²) in [5.41, 5.74) is 0.935. The van der Waals surface area contributed by atoms with Gasteiger partial charge in [-0.15, -0.1) is 0 Å². The summed E-state index contributed by atoms with van der Waals surface area (Å²) in [6.07, 6.45) is 2.23. The van der Waals surface area contributed by atoms with Gasteiger partial charge in [0.05, 0.1) is 14.2 Å². The maximum atomic E-state index is 12.2. The summed E-state index contributed by atoms with van der Waals surface area (Å²) in [4.78, 5) is 12.2. The molecule has 0 bridgehead atoms. The van der Waals surface area contributed by atoms with Crippen molar-refractivity contribution in [1.82, 2.24) is 5.32 Å². The molecule has 2 aromatic carbocycles. The van der Waals surface area contributed by atoms with Crippen molar-refractivity contribution in [1.29, 1.82) is 0 Å². The van der Waals surface area contributed by atoms with Crippen LogP contribution in [0, 0.1) is 0 Å².